The molecule has 6 atom stereocenters. The minimum Gasteiger partial charge on any atom is -0.487 e. The number of rotatable bonds is 6. The Labute approximate surface area is 254 Å². The van der Waals surface area contributed by atoms with Gasteiger partial charge in [0, 0.05) is 24.5 Å². The second-order valence-corrected chi connectivity index (χ2v) is 13.4. The summed E-state index contributed by atoms with van der Waals surface area (Å²) in [5.41, 5.74) is -0.773. The number of methoxy groups -OCH3 is 1. The first-order chi connectivity index (χ1) is 20.7. The van der Waals surface area contributed by atoms with Crippen LogP contribution in [0.4, 0.5) is 26.3 Å². The number of carbonyl (C=O) groups is 1. The Bertz CT molecular complexity index is 1400. The molecule has 2 saturated heterocycles. The third-order valence-electron chi connectivity index (χ3n) is 10.7. The van der Waals surface area contributed by atoms with Gasteiger partial charge in [-0.25, -0.2) is 0 Å². The summed E-state index contributed by atoms with van der Waals surface area (Å²) < 4.78 is 94.8. The predicted octanol–water partition coefficient (Wildman–Crippen LogP) is 8.87. The lowest BCUT2D eigenvalue weighted by Crippen LogP contribution is -2.44. The summed E-state index contributed by atoms with van der Waals surface area (Å²) >= 11 is 0. The molecule has 0 aromatic heterocycles. The van der Waals surface area contributed by atoms with E-state index in [2.05, 4.69) is 18.2 Å². The molecule has 3 aliphatic heterocycles. The van der Waals surface area contributed by atoms with E-state index in [1.165, 1.54) is 7.11 Å². The van der Waals surface area contributed by atoms with Gasteiger partial charge in [0.05, 0.1) is 24.2 Å². The van der Waals surface area contributed by atoms with E-state index in [0.29, 0.717) is 37.0 Å². The highest BCUT2D eigenvalue weighted by molar-refractivity contribution is 5.73. The molecule has 0 N–H and O–H groups in total. The fraction of sp³-hybridized carbons (Fsp3) is 0.618. The number of ether oxygens (including phenoxy) is 2. The molecule has 2 aromatic rings. The van der Waals surface area contributed by atoms with Gasteiger partial charge in [0.25, 0.3) is 0 Å². The summed E-state index contributed by atoms with van der Waals surface area (Å²) in [4.78, 5) is 14.5. The molecule has 2 bridgehead atoms. The molecule has 240 valence electrons. The predicted molar refractivity (Wildman–Crippen MR) is 152 cm³/mol. The lowest BCUT2D eigenvalue weighted by Gasteiger charge is -2.41. The topological polar surface area (TPSA) is 38.8 Å². The number of carbonyl (C=O) groups excluding carboxylic acids is 1. The van der Waals surface area contributed by atoms with Crippen LogP contribution in [0.3, 0.4) is 0 Å². The van der Waals surface area contributed by atoms with Crippen molar-refractivity contribution in [2.45, 2.75) is 114 Å². The van der Waals surface area contributed by atoms with Crippen molar-refractivity contribution in [1.82, 2.24) is 4.90 Å². The van der Waals surface area contributed by atoms with Crippen molar-refractivity contribution in [2.75, 3.05) is 7.11 Å². The van der Waals surface area contributed by atoms with Gasteiger partial charge in [0.2, 0.25) is 0 Å². The quantitative estimate of drug-likeness (QED) is 0.238. The molecule has 3 fully saturated rings. The smallest absolute Gasteiger partial charge is 0.416 e. The van der Waals surface area contributed by atoms with Gasteiger partial charge in [-0.3, -0.25) is 9.69 Å². The fourth-order valence-electron chi connectivity index (χ4n) is 8.38. The highest BCUT2D eigenvalue weighted by atomic mass is 19.4. The molecule has 44 heavy (non-hydrogen) atoms. The van der Waals surface area contributed by atoms with Gasteiger partial charge < -0.3 is 9.47 Å². The number of hydrogen-bond donors (Lipinski definition) is 0. The molecule has 4 aliphatic rings. The summed E-state index contributed by atoms with van der Waals surface area (Å²) in [5, 5.41) is 0. The average molecular weight is 624 g/mol. The molecule has 3 heterocycles. The zero-order valence-electron chi connectivity index (χ0n) is 25.2. The monoisotopic (exact) mass is 623 g/mol. The van der Waals surface area contributed by atoms with Gasteiger partial charge in [0.1, 0.15) is 11.4 Å². The molecule has 1 aliphatic carbocycles. The lowest BCUT2D eigenvalue weighted by molar-refractivity contribution is -0.146. The normalized spacial score (nSPS) is 27.7. The molecule has 1 saturated carbocycles. The highest BCUT2D eigenvalue weighted by Crippen LogP contribution is 2.52. The Morgan fingerprint density at radius 2 is 1.66 bits per heavy atom. The summed E-state index contributed by atoms with van der Waals surface area (Å²) in [6, 6.07) is 7.03. The first-order valence-electron chi connectivity index (χ1n) is 15.7. The van der Waals surface area contributed by atoms with E-state index in [4.69, 9.17) is 9.47 Å². The molecule has 3 unspecified atom stereocenters. The average Bonchev–Trinajstić information content (AvgIpc) is 3.74. The molecule has 2 aromatic carbocycles. The van der Waals surface area contributed by atoms with Crippen LogP contribution < -0.4 is 4.74 Å². The number of fused-ring (bicyclic) bond motifs is 3. The molecule has 6 rings (SSSR count). The second-order valence-electron chi connectivity index (χ2n) is 13.4. The maximum atomic E-state index is 14.0. The lowest BCUT2D eigenvalue weighted by atomic mass is 9.79. The van der Waals surface area contributed by atoms with E-state index >= 15 is 0 Å². The summed E-state index contributed by atoms with van der Waals surface area (Å²) in [5.74, 6) is 0.725. The third-order valence-corrected chi connectivity index (χ3v) is 10.7. The summed E-state index contributed by atoms with van der Waals surface area (Å²) in [6.07, 6.45) is -2.24. The van der Waals surface area contributed by atoms with Gasteiger partial charge in [-0.05, 0) is 111 Å². The minimum atomic E-state index is -4.77. The minimum absolute atomic E-state index is 0.0333. The van der Waals surface area contributed by atoms with Gasteiger partial charge >= 0.3 is 18.3 Å². The largest absolute Gasteiger partial charge is 0.487 e. The van der Waals surface area contributed by atoms with Crippen LogP contribution in [0, 0.1) is 11.8 Å². The molecular weight excluding hydrogens is 584 g/mol. The van der Waals surface area contributed by atoms with E-state index in [1.807, 2.05) is 11.8 Å². The summed E-state index contributed by atoms with van der Waals surface area (Å²) in [7, 11) is 1.41. The zero-order valence-corrected chi connectivity index (χ0v) is 25.2. The third kappa shape index (κ3) is 5.83. The van der Waals surface area contributed by atoms with Crippen molar-refractivity contribution in [2.24, 2.45) is 11.8 Å². The second kappa shape index (κ2) is 11.2. The first kappa shape index (κ1) is 31.2. The number of aryl methyl sites for hydroxylation is 1. The van der Waals surface area contributed by atoms with Crippen LogP contribution in [0.2, 0.25) is 0 Å². The fourth-order valence-corrected chi connectivity index (χ4v) is 8.38. The van der Waals surface area contributed by atoms with Crippen molar-refractivity contribution in [3.05, 3.63) is 64.2 Å². The van der Waals surface area contributed by atoms with Crippen LogP contribution in [0.1, 0.15) is 105 Å². The Kier molecular flexibility index (Phi) is 7.99. The number of hydrogen-bond acceptors (Lipinski definition) is 4. The zero-order chi connectivity index (χ0) is 31.6. The van der Waals surface area contributed by atoms with Crippen molar-refractivity contribution in [3.63, 3.8) is 0 Å². The van der Waals surface area contributed by atoms with Crippen molar-refractivity contribution < 1.29 is 40.6 Å². The number of esters is 1. The Morgan fingerprint density at radius 3 is 2.32 bits per heavy atom. The first-order valence-corrected chi connectivity index (χ1v) is 15.7. The molecule has 4 nitrogen and oxygen atoms in total. The van der Waals surface area contributed by atoms with Crippen LogP contribution >= 0.6 is 0 Å². The van der Waals surface area contributed by atoms with E-state index in [1.54, 1.807) is 6.92 Å². The summed E-state index contributed by atoms with van der Waals surface area (Å²) in [6.45, 7) is 3.51. The Balaban J connectivity index is 1.28. The molecule has 0 radical (unpaired) electrons. The molecule has 1 spiro atoms. The van der Waals surface area contributed by atoms with Gasteiger partial charge in [-0.2, -0.15) is 26.3 Å². The maximum absolute atomic E-state index is 14.0. The number of nitrogens with zero attached hydrogens (tertiary/aromatic N) is 1. The van der Waals surface area contributed by atoms with Gasteiger partial charge in [-0.1, -0.05) is 19.1 Å². The number of alkyl halides is 6. The van der Waals surface area contributed by atoms with Gasteiger partial charge in [-0.15, -0.1) is 0 Å². The Morgan fingerprint density at radius 1 is 0.932 bits per heavy atom. The number of benzene rings is 2. The van der Waals surface area contributed by atoms with E-state index in [-0.39, 0.29) is 35.5 Å². The van der Waals surface area contributed by atoms with Crippen LogP contribution in [-0.2, 0) is 28.3 Å². The van der Waals surface area contributed by atoms with Gasteiger partial charge in [0.15, 0.2) is 0 Å². The van der Waals surface area contributed by atoms with E-state index < -0.39 is 35.1 Å². The van der Waals surface area contributed by atoms with Crippen molar-refractivity contribution in [1.29, 1.82) is 0 Å². The number of halogens is 6. The van der Waals surface area contributed by atoms with Crippen molar-refractivity contribution >= 4 is 5.97 Å². The van der Waals surface area contributed by atoms with Crippen molar-refractivity contribution in [3.8, 4) is 5.75 Å². The van der Waals surface area contributed by atoms with E-state index in [0.717, 1.165) is 61.8 Å². The van der Waals surface area contributed by atoms with Crippen LogP contribution in [-0.4, -0.2) is 35.7 Å². The molecule has 0 amide bonds. The maximum Gasteiger partial charge on any atom is 0.416 e. The standard InChI is InChI=1S/C34H39F6NO3/c1-19(31(42)43-3)30(22-5-6-22)23-7-4-21-12-14-32(44-29(21)16-23)15-13-25-9-10-26(18-32)41(25)20(2)27-17-24(33(35,36)37)8-11-28(27)34(38,39)40/h4,7-8,11,16-17,19-20,22,25-26,30H,5-6,9-10,12-15,18H2,1-3H3/t19-,20-,25?,26?,30-,32?/m0/s1. The van der Waals surface area contributed by atoms with E-state index in [9.17, 15) is 31.1 Å². The Hall–Kier alpha value is -2.75. The highest BCUT2D eigenvalue weighted by Gasteiger charge is 2.50. The van der Waals surface area contributed by atoms with Crippen LogP contribution in [0.25, 0.3) is 0 Å². The van der Waals surface area contributed by atoms with Crippen LogP contribution in [0.5, 0.6) is 5.75 Å². The molecule has 10 heteroatoms. The molecular formula is C34H39F6NO3. The SMILES string of the molecule is COC(=O)[C@@H](C)[C@H](c1ccc2c(c1)OC1(CC2)CCC2CCC(C1)N2[C@@H](C)c1cc(C(F)(F)F)ccc1C(F)(F)F)C1CC1. The van der Waals surface area contributed by atoms with Crippen LogP contribution in [0.15, 0.2) is 36.4 Å².